The Morgan fingerprint density at radius 1 is 1.26 bits per heavy atom. The van der Waals surface area contributed by atoms with Gasteiger partial charge in [-0.1, -0.05) is 36.4 Å². The summed E-state index contributed by atoms with van der Waals surface area (Å²) < 4.78 is 5.28. The molecule has 1 heterocycles. The molecule has 1 aromatic carbocycles. The largest absolute Gasteiger partial charge is 0.464 e. The highest BCUT2D eigenvalue weighted by atomic mass is 32.1. The third-order valence-corrected chi connectivity index (χ3v) is 3.90. The van der Waals surface area contributed by atoms with Crippen LogP contribution in [-0.4, -0.2) is 12.6 Å². The quantitative estimate of drug-likeness (QED) is 0.854. The molecule has 4 heteroatoms. The maximum Gasteiger partial charge on any atom is 0.330 e. The van der Waals surface area contributed by atoms with Gasteiger partial charge in [0, 0.05) is 11.3 Å². The molecule has 0 amide bonds. The van der Waals surface area contributed by atoms with E-state index in [1.165, 1.54) is 4.88 Å². The summed E-state index contributed by atoms with van der Waals surface area (Å²) in [5.74, 6) is -0.393. The summed E-state index contributed by atoms with van der Waals surface area (Å²) in [6.07, 6.45) is 0.730. The standard InChI is InChI=1S/C15H17NO2S/c1-15(16,12-6-3-2-4-7-12)14(17)18-10-9-13-8-5-11-19-13/h2-8,11H,9-10,16H2,1H3. The predicted octanol–water partition coefficient (Wildman–Crippen LogP) is 2.71. The maximum absolute atomic E-state index is 12.0. The molecule has 3 nitrogen and oxygen atoms in total. The van der Waals surface area contributed by atoms with E-state index in [0.29, 0.717) is 6.61 Å². The van der Waals surface area contributed by atoms with Crippen molar-refractivity contribution in [1.29, 1.82) is 0 Å². The lowest BCUT2D eigenvalue weighted by atomic mass is 9.93. The first-order valence-electron chi connectivity index (χ1n) is 6.15. The van der Waals surface area contributed by atoms with Crippen molar-refractivity contribution in [2.75, 3.05) is 6.61 Å². The second kappa shape index (κ2) is 5.99. The Hall–Kier alpha value is -1.65. The molecule has 0 saturated heterocycles. The van der Waals surface area contributed by atoms with Gasteiger partial charge in [-0.2, -0.15) is 0 Å². The molecule has 1 aromatic heterocycles. The number of rotatable bonds is 5. The minimum atomic E-state index is -1.10. The van der Waals surface area contributed by atoms with Crippen molar-refractivity contribution >= 4 is 17.3 Å². The third kappa shape index (κ3) is 3.43. The van der Waals surface area contributed by atoms with Crippen LogP contribution in [0.1, 0.15) is 17.4 Å². The van der Waals surface area contributed by atoms with E-state index in [0.717, 1.165) is 12.0 Å². The Morgan fingerprint density at radius 2 is 2.00 bits per heavy atom. The number of carbonyl (C=O) groups excluding carboxylic acids is 1. The zero-order valence-electron chi connectivity index (χ0n) is 10.8. The Balaban J connectivity index is 1.92. The van der Waals surface area contributed by atoms with Crippen LogP contribution in [0.3, 0.4) is 0 Å². The Bertz CT molecular complexity index is 520. The van der Waals surface area contributed by atoms with Crippen LogP contribution in [-0.2, 0) is 21.5 Å². The topological polar surface area (TPSA) is 52.3 Å². The van der Waals surface area contributed by atoms with Gasteiger partial charge in [0.05, 0.1) is 6.61 Å². The SMILES string of the molecule is CC(N)(C(=O)OCCc1cccs1)c1ccccc1. The lowest BCUT2D eigenvalue weighted by molar-refractivity contribution is -0.149. The van der Waals surface area contributed by atoms with Crippen LogP contribution in [0.2, 0.25) is 0 Å². The molecule has 19 heavy (non-hydrogen) atoms. The number of benzene rings is 1. The summed E-state index contributed by atoms with van der Waals surface area (Å²) >= 11 is 1.66. The van der Waals surface area contributed by atoms with E-state index in [4.69, 9.17) is 10.5 Å². The van der Waals surface area contributed by atoms with Gasteiger partial charge in [0.15, 0.2) is 0 Å². The highest BCUT2D eigenvalue weighted by molar-refractivity contribution is 7.09. The second-order valence-electron chi connectivity index (χ2n) is 4.53. The predicted molar refractivity (Wildman–Crippen MR) is 77.0 cm³/mol. The molecule has 1 unspecified atom stereocenters. The van der Waals surface area contributed by atoms with E-state index < -0.39 is 11.5 Å². The molecule has 0 aliphatic rings. The van der Waals surface area contributed by atoms with Crippen LogP contribution in [0.4, 0.5) is 0 Å². The molecule has 0 bridgehead atoms. The average Bonchev–Trinajstić information content (AvgIpc) is 2.93. The van der Waals surface area contributed by atoms with Crippen LogP contribution in [0.5, 0.6) is 0 Å². The first-order chi connectivity index (χ1) is 9.10. The number of ether oxygens (including phenoxy) is 1. The summed E-state index contributed by atoms with van der Waals surface area (Å²) in [5.41, 5.74) is 5.73. The van der Waals surface area contributed by atoms with Gasteiger partial charge in [-0.25, -0.2) is 4.79 Å². The van der Waals surface area contributed by atoms with Gasteiger partial charge < -0.3 is 10.5 Å². The van der Waals surface area contributed by atoms with Crippen molar-refractivity contribution in [3.63, 3.8) is 0 Å². The van der Waals surface area contributed by atoms with E-state index in [9.17, 15) is 4.79 Å². The van der Waals surface area contributed by atoms with Crippen molar-refractivity contribution in [2.24, 2.45) is 5.73 Å². The van der Waals surface area contributed by atoms with Crippen LogP contribution < -0.4 is 5.73 Å². The van der Waals surface area contributed by atoms with Gasteiger partial charge >= 0.3 is 5.97 Å². The smallest absolute Gasteiger partial charge is 0.330 e. The lowest BCUT2D eigenvalue weighted by Gasteiger charge is -2.22. The van der Waals surface area contributed by atoms with E-state index in [1.54, 1.807) is 18.3 Å². The summed E-state index contributed by atoms with van der Waals surface area (Å²) in [4.78, 5) is 13.3. The molecule has 0 radical (unpaired) electrons. The van der Waals surface area contributed by atoms with Gasteiger partial charge in [-0.15, -0.1) is 11.3 Å². The first-order valence-corrected chi connectivity index (χ1v) is 7.02. The van der Waals surface area contributed by atoms with E-state index in [2.05, 4.69) is 0 Å². The maximum atomic E-state index is 12.0. The minimum Gasteiger partial charge on any atom is -0.464 e. The molecule has 0 fully saturated rings. The van der Waals surface area contributed by atoms with Gasteiger partial charge in [0.2, 0.25) is 0 Å². The van der Waals surface area contributed by atoms with Crippen LogP contribution >= 0.6 is 11.3 Å². The molecule has 0 aliphatic carbocycles. The number of hydrogen-bond acceptors (Lipinski definition) is 4. The average molecular weight is 275 g/mol. The molecule has 2 N–H and O–H groups in total. The van der Waals surface area contributed by atoms with Crippen molar-refractivity contribution in [3.05, 3.63) is 58.3 Å². The van der Waals surface area contributed by atoms with Crippen molar-refractivity contribution in [1.82, 2.24) is 0 Å². The summed E-state index contributed by atoms with van der Waals surface area (Å²) in [6.45, 7) is 2.04. The number of thiophene rings is 1. The Kier molecular flexibility index (Phi) is 4.35. The van der Waals surface area contributed by atoms with Crippen molar-refractivity contribution in [2.45, 2.75) is 18.9 Å². The number of esters is 1. The van der Waals surface area contributed by atoms with E-state index in [-0.39, 0.29) is 0 Å². The molecular weight excluding hydrogens is 258 g/mol. The molecule has 1 atom stereocenters. The van der Waals surface area contributed by atoms with Crippen LogP contribution in [0, 0.1) is 0 Å². The Morgan fingerprint density at radius 3 is 2.63 bits per heavy atom. The van der Waals surface area contributed by atoms with Crippen LogP contribution in [0.25, 0.3) is 0 Å². The highest BCUT2D eigenvalue weighted by Crippen LogP contribution is 2.19. The summed E-state index contributed by atoms with van der Waals surface area (Å²) in [6, 6.07) is 13.3. The molecule has 2 aromatic rings. The number of hydrogen-bond donors (Lipinski definition) is 1. The molecule has 0 spiro atoms. The monoisotopic (exact) mass is 275 g/mol. The second-order valence-corrected chi connectivity index (χ2v) is 5.57. The number of carbonyl (C=O) groups is 1. The molecule has 0 saturated carbocycles. The number of nitrogens with two attached hydrogens (primary N) is 1. The van der Waals surface area contributed by atoms with Crippen molar-refractivity contribution < 1.29 is 9.53 Å². The van der Waals surface area contributed by atoms with Gasteiger partial charge in [-0.05, 0) is 23.9 Å². The third-order valence-electron chi connectivity index (χ3n) is 2.96. The fourth-order valence-electron chi connectivity index (χ4n) is 1.75. The van der Waals surface area contributed by atoms with Gasteiger partial charge in [0.1, 0.15) is 5.54 Å². The lowest BCUT2D eigenvalue weighted by Crippen LogP contribution is -2.43. The summed E-state index contributed by atoms with van der Waals surface area (Å²) in [5, 5.41) is 2.01. The molecule has 2 rings (SSSR count). The highest BCUT2D eigenvalue weighted by Gasteiger charge is 2.31. The fourth-order valence-corrected chi connectivity index (χ4v) is 2.44. The van der Waals surface area contributed by atoms with Crippen molar-refractivity contribution in [3.8, 4) is 0 Å². The molecule has 100 valence electrons. The fraction of sp³-hybridized carbons (Fsp3) is 0.267. The molecule has 0 aliphatic heterocycles. The summed E-state index contributed by atoms with van der Waals surface area (Å²) in [7, 11) is 0. The van der Waals surface area contributed by atoms with Crippen LogP contribution in [0.15, 0.2) is 47.8 Å². The van der Waals surface area contributed by atoms with Gasteiger partial charge in [0.25, 0.3) is 0 Å². The normalized spacial score (nSPS) is 13.8. The Labute approximate surface area is 117 Å². The van der Waals surface area contributed by atoms with E-state index >= 15 is 0 Å². The zero-order valence-corrected chi connectivity index (χ0v) is 11.7. The minimum absolute atomic E-state index is 0.360. The zero-order chi connectivity index (χ0) is 13.7. The van der Waals surface area contributed by atoms with E-state index in [1.807, 2.05) is 47.8 Å². The van der Waals surface area contributed by atoms with Gasteiger partial charge in [-0.3, -0.25) is 0 Å². The first kappa shape index (κ1) is 13.8. The molecular formula is C15H17NO2S.